The monoisotopic (exact) mass is 682 g/mol. The molecule has 13 nitrogen and oxygen atoms in total. The Bertz CT molecular complexity index is 1240. The van der Waals surface area contributed by atoms with E-state index in [1.807, 2.05) is 20.0 Å². The maximum absolute atomic E-state index is 12.5. The molecular weight excluding hydrogens is 636 g/mol. The molecule has 0 spiro atoms. The molecule has 4 heterocycles. The molecule has 2 N–H and O–H groups in total. The molecule has 0 unspecified atom stereocenters. The first-order valence-corrected chi connectivity index (χ1v) is 17.4. The topological polar surface area (TPSA) is 168 Å². The number of carbonyl (C=O) groups is 7. The predicted molar refractivity (Wildman–Crippen MR) is 173 cm³/mol. The van der Waals surface area contributed by atoms with Gasteiger partial charge in [0.1, 0.15) is 34.9 Å². The summed E-state index contributed by atoms with van der Waals surface area (Å²) in [6, 6.07) is -2.49. The summed E-state index contributed by atoms with van der Waals surface area (Å²) in [5.41, 5.74) is 0. The van der Waals surface area contributed by atoms with E-state index in [-0.39, 0.29) is 28.6 Å². The number of hydrogen-bond donors (Lipinski definition) is 2. The Morgan fingerprint density at radius 2 is 1.20 bits per heavy atom. The number of rotatable bonds is 13. The second-order valence-electron chi connectivity index (χ2n) is 12.7. The Morgan fingerprint density at radius 1 is 0.761 bits per heavy atom. The van der Waals surface area contributed by atoms with Crippen molar-refractivity contribution < 1.29 is 43.0 Å². The first kappa shape index (κ1) is 37.4. The van der Waals surface area contributed by atoms with Gasteiger partial charge in [0.25, 0.3) is 0 Å². The molecule has 4 aliphatic heterocycles. The zero-order valence-electron chi connectivity index (χ0n) is 27.5. The van der Waals surface area contributed by atoms with Crippen LogP contribution in [0.1, 0.15) is 93.4 Å². The van der Waals surface area contributed by atoms with Crippen LogP contribution in [-0.2, 0) is 43.0 Å². The highest BCUT2D eigenvalue weighted by Crippen LogP contribution is 2.52. The van der Waals surface area contributed by atoms with Crippen LogP contribution < -0.4 is 10.6 Å². The highest BCUT2D eigenvalue weighted by atomic mass is 32.2. The molecule has 3 amide bonds. The number of fused-ring (bicyclic) bond motifs is 2. The van der Waals surface area contributed by atoms with Crippen LogP contribution in [0.3, 0.4) is 0 Å². The zero-order chi connectivity index (χ0) is 34.4. The maximum atomic E-state index is 12.5. The second kappa shape index (κ2) is 15.7. The van der Waals surface area contributed by atoms with Gasteiger partial charge in [-0.2, -0.15) is 0 Å². The van der Waals surface area contributed by atoms with Crippen LogP contribution in [0.4, 0.5) is 0 Å². The predicted octanol–water partition coefficient (Wildman–Crippen LogP) is 2.61. The molecule has 4 aliphatic rings. The van der Waals surface area contributed by atoms with Gasteiger partial charge in [0.15, 0.2) is 0 Å². The molecule has 0 aromatic heterocycles. The molecule has 4 saturated heterocycles. The molecular formula is C31H46N4O9S2. The number of β-lactam (4-membered cyclic amide) rings is 2. The number of ether oxygens (including phenoxy) is 2. The normalized spacial score (nSPS) is 28.2. The van der Waals surface area contributed by atoms with Crippen molar-refractivity contribution in [3.05, 3.63) is 12.3 Å². The third kappa shape index (κ3) is 8.25. The summed E-state index contributed by atoms with van der Waals surface area (Å²) in [6.45, 7) is 12.0. The molecule has 15 heteroatoms. The van der Waals surface area contributed by atoms with E-state index >= 15 is 0 Å². The van der Waals surface area contributed by atoms with Gasteiger partial charge in [0, 0.05) is 23.3 Å². The number of nitrogens with one attached hydrogen (secondary N) is 2. The standard InChI is InChI=1S/C20H32N2O4S.C11H14N2O5S/c1-5-6-7-8-9-10-11-12-13-21-15-17(24)22-16(19(25)26-14(2)23)20(3,4)27-18(15)22;1-5(15)18-10(17)7-11(2,3)19-9-6(12-4-14)8(16)13(7)9/h12-13,15-16,18,21H,5-11H2,1-4H3;4,6-7,9H,1-3H3,(H,12,14)/b13-12+;/t15-,16+,18-;6-,7+,9-/m11/s1. The summed E-state index contributed by atoms with van der Waals surface area (Å²) >= 11 is 2.97. The fourth-order valence-electron chi connectivity index (χ4n) is 6.06. The molecule has 4 rings (SSSR count). The lowest BCUT2D eigenvalue weighted by Crippen LogP contribution is -2.69. The number of thioether (sulfide) groups is 2. The van der Waals surface area contributed by atoms with Crippen LogP contribution in [0.2, 0.25) is 0 Å². The molecule has 0 saturated carbocycles. The summed E-state index contributed by atoms with van der Waals surface area (Å²) < 4.78 is 8.27. The summed E-state index contributed by atoms with van der Waals surface area (Å²) in [5.74, 6) is -3.18. The smallest absolute Gasteiger partial charge is 0.337 e. The lowest BCUT2D eigenvalue weighted by molar-refractivity contribution is -0.170. The van der Waals surface area contributed by atoms with Gasteiger partial charge >= 0.3 is 23.9 Å². The SMILES string of the molecule is CC(=O)OC(=O)[C@@H]1N2C(=O)[C@@H](NC=O)[C@H]2SC1(C)C.CCCCCCCC/C=C/N[C@@H]1C(=O)N2[C@@H]1SC(C)(C)[C@@H]2C(=O)OC(C)=O. The van der Waals surface area contributed by atoms with Crippen LogP contribution in [0.15, 0.2) is 12.3 Å². The minimum Gasteiger partial charge on any atom is -0.392 e. The van der Waals surface area contributed by atoms with Crippen molar-refractivity contribution in [2.45, 2.75) is 138 Å². The third-order valence-electron chi connectivity index (χ3n) is 8.18. The van der Waals surface area contributed by atoms with Gasteiger partial charge in [-0.1, -0.05) is 45.1 Å². The van der Waals surface area contributed by atoms with Crippen LogP contribution in [-0.4, -0.2) is 96.3 Å². The van der Waals surface area contributed by atoms with E-state index < -0.39 is 51.5 Å². The summed E-state index contributed by atoms with van der Waals surface area (Å²) in [6.07, 6.45) is 13.0. The Labute approximate surface area is 278 Å². The summed E-state index contributed by atoms with van der Waals surface area (Å²) in [7, 11) is 0. The van der Waals surface area contributed by atoms with Crippen molar-refractivity contribution in [3.8, 4) is 0 Å². The van der Waals surface area contributed by atoms with Crippen molar-refractivity contribution in [1.29, 1.82) is 0 Å². The van der Waals surface area contributed by atoms with Crippen LogP contribution >= 0.6 is 23.5 Å². The minimum atomic E-state index is -0.816. The van der Waals surface area contributed by atoms with Crippen molar-refractivity contribution in [2.24, 2.45) is 0 Å². The first-order valence-electron chi connectivity index (χ1n) is 15.6. The number of unbranched alkanes of at least 4 members (excludes halogenated alkanes) is 6. The zero-order valence-corrected chi connectivity index (χ0v) is 29.2. The molecule has 0 radical (unpaired) electrons. The Balaban J connectivity index is 0.000000266. The fraction of sp³-hybridized carbons (Fsp3) is 0.710. The number of hydrogen-bond acceptors (Lipinski definition) is 12. The minimum absolute atomic E-state index is 0.115. The van der Waals surface area contributed by atoms with Crippen LogP contribution in [0, 0.1) is 0 Å². The van der Waals surface area contributed by atoms with E-state index in [2.05, 4.69) is 28.4 Å². The second-order valence-corrected chi connectivity index (χ2v) is 16.3. The number of esters is 4. The highest BCUT2D eigenvalue weighted by Gasteiger charge is 2.65. The molecule has 0 aliphatic carbocycles. The van der Waals surface area contributed by atoms with Crippen LogP contribution in [0.25, 0.3) is 0 Å². The number of carbonyl (C=O) groups excluding carboxylic acids is 7. The van der Waals surface area contributed by atoms with E-state index in [1.54, 1.807) is 30.5 Å². The highest BCUT2D eigenvalue weighted by molar-refractivity contribution is 8.02. The molecule has 256 valence electrons. The fourth-order valence-corrected chi connectivity index (χ4v) is 9.32. The van der Waals surface area contributed by atoms with Gasteiger partial charge in [-0.3, -0.25) is 24.0 Å². The Morgan fingerprint density at radius 3 is 1.63 bits per heavy atom. The average Bonchev–Trinajstić information content (AvgIpc) is 3.36. The molecule has 6 atom stereocenters. The molecule has 0 aromatic rings. The van der Waals surface area contributed by atoms with Gasteiger partial charge in [0.2, 0.25) is 18.2 Å². The van der Waals surface area contributed by atoms with E-state index in [4.69, 9.17) is 4.74 Å². The molecule has 46 heavy (non-hydrogen) atoms. The van der Waals surface area contributed by atoms with E-state index in [1.165, 1.54) is 55.7 Å². The molecule has 0 bridgehead atoms. The lowest BCUT2D eigenvalue weighted by atomic mass is 9.96. The summed E-state index contributed by atoms with van der Waals surface area (Å²) in [5, 5.41) is 5.20. The van der Waals surface area contributed by atoms with Gasteiger partial charge < -0.3 is 29.9 Å². The number of nitrogens with zero attached hydrogens (tertiary/aromatic N) is 2. The van der Waals surface area contributed by atoms with Crippen molar-refractivity contribution in [2.75, 3.05) is 0 Å². The van der Waals surface area contributed by atoms with Gasteiger partial charge in [-0.05, 0) is 46.7 Å². The van der Waals surface area contributed by atoms with Gasteiger partial charge in [-0.15, -0.1) is 23.5 Å². The summed E-state index contributed by atoms with van der Waals surface area (Å²) in [4.78, 5) is 84.0. The van der Waals surface area contributed by atoms with E-state index in [0.29, 0.717) is 6.41 Å². The Hall–Kier alpha value is -3.07. The van der Waals surface area contributed by atoms with E-state index in [0.717, 1.165) is 19.8 Å². The lowest BCUT2D eigenvalue weighted by Gasteiger charge is -2.43. The van der Waals surface area contributed by atoms with Crippen molar-refractivity contribution >= 4 is 65.6 Å². The molecule has 4 fully saturated rings. The largest absolute Gasteiger partial charge is 0.392 e. The number of allylic oxidation sites excluding steroid dienone is 1. The van der Waals surface area contributed by atoms with Gasteiger partial charge in [-0.25, -0.2) is 9.59 Å². The van der Waals surface area contributed by atoms with Gasteiger partial charge in [0.05, 0.1) is 0 Å². The quantitative estimate of drug-likeness (QED) is 0.0960. The first-order chi connectivity index (χ1) is 21.6. The Kier molecular flexibility index (Phi) is 12.7. The van der Waals surface area contributed by atoms with Crippen molar-refractivity contribution in [1.82, 2.24) is 20.4 Å². The third-order valence-corrected chi connectivity index (χ3v) is 11.3. The van der Waals surface area contributed by atoms with E-state index in [9.17, 15) is 33.6 Å². The van der Waals surface area contributed by atoms with Crippen LogP contribution in [0.5, 0.6) is 0 Å². The average molecular weight is 683 g/mol. The van der Waals surface area contributed by atoms with Crippen molar-refractivity contribution in [3.63, 3.8) is 0 Å². The maximum Gasteiger partial charge on any atom is 0.337 e. The molecule has 0 aromatic carbocycles. The number of amides is 3.